The van der Waals surface area contributed by atoms with E-state index in [9.17, 15) is 4.79 Å². The number of hydrogen-bond donors (Lipinski definition) is 1. The fourth-order valence-corrected chi connectivity index (χ4v) is 4.89. The number of rotatable bonds is 7. The van der Waals surface area contributed by atoms with E-state index in [-0.39, 0.29) is 11.8 Å². The molecule has 0 radical (unpaired) electrons. The number of carbonyl (C=O) groups is 1. The van der Waals surface area contributed by atoms with E-state index in [4.69, 9.17) is 4.74 Å². The van der Waals surface area contributed by atoms with Crippen LogP contribution in [0.3, 0.4) is 0 Å². The Kier molecular flexibility index (Phi) is 7.49. The van der Waals surface area contributed by atoms with Crippen LogP contribution < -0.4 is 10.2 Å². The lowest BCUT2D eigenvalue weighted by molar-refractivity contribution is -0.126. The van der Waals surface area contributed by atoms with Gasteiger partial charge in [0.15, 0.2) is 5.13 Å². The lowest BCUT2D eigenvalue weighted by atomic mass is 9.95. The number of nitrogens with zero attached hydrogens (tertiary/aromatic N) is 3. The van der Waals surface area contributed by atoms with Crippen molar-refractivity contribution < 1.29 is 9.53 Å². The molecule has 0 bridgehead atoms. The maximum atomic E-state index is 12.7. The van der Waals surface area contributed by atoms with Crippen LogP contribution in [0.15, 0.2) is 5.38 Å². The molecule has 2 aliphatic rings. The largest absolute Gasteiger partial charge is 0.379 e. The van der Waals surface area contributed by atoms with Crippen molar-refractivity contribution in [2.24, 2.45) is 11.8 Å². The molecule has 1 atom stereocenters. The molecule has 6 nitrogen and oxygen atoms in total. The molecule has 0 aromatic carbocycles. The second-order valence-electron chi connectivity index (χ2n) is 8.21. The topological polar surface area (TPSA) is 57.7 Å². The predicted octanol–water partition coefficient (Wildman–Crippen LogP) is 2.53. The van der Waals surface area contributed by atoms with Gasteiger partial charge in [0.2, 0.25) is 5.91 Å². The van der Waals surface area contributed by atoms with Crippen molar-refractivity contribution in [2.75, 3.05) is 50.8 Å². The summed E-state index contributed by atoms with van der Waals surface area (Å²) >= 11 is 1.70. The minimum atomic E-state index is 0.131. The van der Waals surface area contributed by atoms with Gasteiger partial charge in [-0.2, -0.15) is 0 Å². The Labute approximate surface area is 167 Å². The molecule has 3 heterocycles. The number of aromatic nitrogens is 1. The first-order valence-electron chi connectivity index (χ1n) is 10.3. The van der Waals surface area contributed by atoms with E-state index in [0.717, 1.165) is 76.0 Å². The summed E-state index contributed by atoms with van der Waals surface area (Å²) in [5.41, 5.74) is 1.08. The Morgan fingerprint density at radius 3 is 2.59 bits per heavy atom. The molecule has 2 fully saturated rings. The van der Waals surface area contributed by atoms with Crippen LogP contribution in [-0.2, 0) is 9.53 Å². The van der Waals surface area contributed by atoms with E-state index in [0.29, 0.717) is 12.0 Å². The molecular formula is C20H34N4O2S. The number of nitrogens with one attached hydrogen (secondary N) is 1. The molecule has 27 heavy (non-hydrogen) atoms. The van der Waals surface area contributed by atoms with Gasteiger partial charge >= 0.3 is 0 Å². The fraction of sp³-hybridized carbons (Fsp3) is 0.800. The Bertz CT molecular complexity index is 593. The van der Waals surface area contributed by atoms with Gasteiger partial charge in [-0.1, -0.05) is 13.8 Å². The number of amides is 1. The quantitative estimate of drug-likeness (QED) is 0.770. The van der Waals surface area contributed by atoms with E-state index in [1.807, 2.05) is 6.92 Å². The smallest absolute Gasteiger partial charge is 0.223 e. The van der Waals surface area contributed by atoms with Gasteiger partial charge in [-0.3, -0.25) is 9.69 Å². The third-order valence-corrected chi connectivity index (χ3v) is 6.58. The van der Waals surface area contributed by atoms with Crippen LogP contribution in [0.5, 0.6) is 0 Å². The number of anilines is 1. The predicted molar refractivity (Wildman–Crippen MR) is 110 cm³/mol. The Morgan fingerprint density at radius 2 is 2.00 bits per heavy atom. The van der Waals surface area contributed by atoms with Crippen molar-refractivity contribution in [1.29, 1.82) is 0 Å². The zero-order valence-electron chi connectivity index (χ0n) is 16.9. The van der Waals surface area contributed by atoms with E-state index < -0.39 is 0 Å². The highest BCUT2D eigenvalue weighted by molar-refractivity contribution is 7.13. The average molecular weight is 395 g/mol. The molecule has 3 rings (SSSR count). The standard InChI is InChI=1S/C20H34N4O2S/c1-15(2)12-18(23-8-10-26-11-9-23)13-21-19(25)17-4-6-24(7-5-17)20-22-16(3)14-27-20/h14-15,17-18H,4-13H2,1-3H3,(H,21,25)/t18-/m0/s1. The van der Waals surface area contributed by atoms with E-state index in [2.05, 4.69) is 39.3 Å². The molecule has 2 saturated heterocycles. The fourth-order valence-electron chi connectivity index (χ4n) is 4.03. The first-order chi connectivity index (χ1) is 13.0. The molecule has 1 aromatic rings. The molecule has 7 heteroatoms. The summed E-state index contributed by atoms with van der Waals surface area (Å²) in [7, 11) is 0. The van der Waals surface area contributed by atoms with Crippen molar-refractivity contribution in [2.45, 2.75) is 46.1 Å². The van der Waals surface area contributed by atoms with Crippen LogP contribution in [0.1, 0.15) is 38.8 Å². The van der Waals surface area contributed by atoms with Crippen molar-refractivity contribution in [3.8, 4) is 0 Å². The normalized spacial score (nSPS) is 20.8. The first kappa shape index (κ1) is 20.6. The molecule has 0 saturated carbocycles. The van der Waals surface area contributed by atoms with Crippen LogP contribution in [-0.4, -0.2) is 67.8 Å². The number of aryl methyl sites for hydroxylation is 1. The average Bonchev–Trinajstić information content (AvgIpc) is 3.12. The summed E-state index contributed by atoms with van der Waals surface area (Å²) in [5.74, 6) is 0.985. The van der Waals surface area contributed by atoms with Gasteiger partial charge in [-0.15, -0.1) is 11.3 Å². The summed E-state index contributed by atoms with van der Waals surface area (Å²) in [6.07, 6.45) is 2.94. The molecule has 1 amide bonds. The lowest BCUT2D eigenvalue weighted by Crippen LogP contribution is -2.50. The van der Waals surface area contributed by atoms with Crippen LogP contribution in [0.25, 0.3) is 0 Å². The number of hydrogen-bond acceptors (Lipinski definition) is 6. The first-order valence-corrected chi connectivity index (χ1v) is 11.2. The maximum absolute atomic E-state index is 12.7. The zero-order chi connectivity index (χ0) is 19.2. The van der Waals surface area contributed by atoms with Crippen molar-refractivity contribution >= 4 is 22.4 Å². The summed E-state index contributed by atoms with van der Waals surface area (Å²) < 4.78 is 5.49. The highest BCUT2D eigenvalue weighted by atomic mass is 32.1. The van der Waals surface area contributed by atoms with Gasteiger partial charge in [0.05, 0.1) is 18.9 Å². The molecule has 1 N–H and O–H groups in total. The highest BCUT2D eigenvalue weighted by Gasteiger charge is 2.28. The van der Waals surface area contributed by atoms with Crippen molar-refractivity contribution in [1.82, 2.24) is 15.2 Å². The summed E-state index contributed by atoms with van der Waals surface area (Å²) in [6, 6.07) is 0.413. The SMILES string of the molecule is Cc1csc(N2CCC(C(=O)NC[C@H](CC(C)C)N3CCOCC3)CC2)n1. The Balaban J connectivity index is 1.46. The molecular weight excluding hydrogens is 360 g/mol. The second-order valence-corrected chi connectivity index (χ2v) is 9.05. The van der Waals surface area contributed by atoms with Gasteiger partial charge < -0.3 is 15.0 Å². The molecule has 0 aliphatic carbocycles. The summed E-state index contributed by atoms with van der Waals surface area (Å²) in [5, 5.41) is 6.45. The van der Waals surface area contributed by atoms with Crippen molar-refractivity contribution in [3.05, 3.63) is 11.1 Å². The lowest BCUT2D eigenvalue weighted by Gasteiger charge is -2.36. The second kappa shape index (κ2) is 9.85. The van der Waals surface area contributed by atoms with E-state index in [1.54, 1.807) is 11.3 Å². The van der Waals surface area contributed by atoms with Crippen LogP contribution in [0, 0.1) is 18.8 Å². The van der Waals surface area contributed by atoms with Gasteiger partial charge in [-0.25, -0.2) is 4.98 Å². The molecule has 1 aromatic heterocycles. The summed E-state index contributed by atoms with van der Waals surface area (Å²) in [4.78, 5) is 22.1. The number of ether oxygens (including phenoxy) is 1. The highest BCUT2D eigenvalue weighted by Crippen LogP contribution is 2.26. The summed E-state index contributed by atoms with van der Waals surface area (Å²) in [6.45, 7) is 12.7. The maximum Gasteiger partial charge on any atom is 0.223 e. The van der Waals surface area contributed by atoms with Gasteiger partial charge in [0.25, 0.3) is 0 Å². The number of piperidine rings is 1. The van der Waals surface area contributed by atoms with Crippen LogP contribution in [0.2, 0.25) is 0 Å². The Morgan fingerprint density at radius 1 is 1.30 bits per heavy atom. The van der Waals surface area contributed by atoms with Gasteiger partial charge in [0, 0.05) is 50.1 Å². The molecule has 0 unspecified atom stereocenters. The van der Waals surface area contributed by atoms with E-state index in [1.165, 1.54) is 0 Å². The van der Waals surface area contributed by atoms with Gasteiger partial charge in [0.1, 0.15) is 0 Å². The Hall–Kier alpha value is -1.18. The van der Waals surface area contributed by atoms with Crippen molar-refractivity contribution in [3.63, 3.8) is 0 Å². The number of carbonyl (C=O) groups excluding carboxylic acids is 1. The van der Waals surface area contributed by atoms with Gasteiger partial charge in [-0.05, 0) is 32.1 Å². The molecule has 152 valence electrons. The molecule has 0 spiro atoms. The monoisotopic (exact) mass is 394 g/mol. The minimum Gasteiger partial charge on any atom is -0.379 e. The number of thiazole rings is 1. The third-order valence-electron chi connectivity index (χ3n) is 5.56. The van der Waals surface area contributed by atoms with E-state index >= 15 is 0 Å². The minimum absolute atomic E-state index is 0.131. The number of morpholine rings is 1. The van der Waals surface area contributed by atoms with Crippen LogP contribution in [0.4, 0.5) is 5.13 Å². The van der Waals surface area contributed by atoms with Crippen LogP contribution >= 0.6 is 11.3 Å². The molecule has 2 aliphatic heterocycles. The zero-order valence-corrected chi connectivity index (χ0v) is 17.8. The third kappa shape index (κ3) is 5.90.